The Labute approximate surface area is 180 Å². The summed E-state index contributed by atoms with van der Waals surface area (Å²) >= 11 is 0. The molecule has 1 atom stereocenters. The zero-order valence-corrected chi connectivity index (χ0v) is 17.2. The van der Waals surface area contributed by atoms with Crippen molar-refractivity contribution in [2.24, 2.45) is 0 Å². The summed E-state index contributed by atoms with van der Waals surface area (Å²) in [7, 11) is 1.60. The topological polar surface area (TPSA) is 81.1 Å². The standard InChI is InChI=1S/C24H24N2O5/c1-29-21-10-9-20(14-22(21)31-23-8-4-12-30-23)26(16-17-5-3-11-25-15-17)19-7-2-6-18(13-19)24(27)28/h2-3,5-7,9-11,13-15,23H,4,8,12,16H2,1H3,(H,27,28). The van der Waals surface area contributed by atoms with Crippen molar-refractivity contribution in [3.63, 3.8) is 0 Å². The molecule has 3 aromatic rings. The SMILES string of the molecule is COc1ccc(N(Cc2cccnc2)c2cccc(C(=O)O)c2)cc1OC1CCCO1. The number of carbonyl (C=O) groups is 1. The van der Waals surface area contributed by atoms with Gasteiger partial charge in [0, 0.05) is 42.8 Å². The molecule has 1 unspecified atom stereocenters. The number of aromatic nitrogens is 1. The van der Waals surface area contributed by atoms with Crippen LogP contribution in [0.25, 0.3) is 0 Å². The first-order valence-electron chi connectivity index (χ1n) is 10.1. The number of anilines is 2. The van der Waals surface area contributed by atoms with Crippen LogP contribution in [0.2, 0.25) is 0 Å². The third-order valence-corrected chi connectivity index (χ3v) is 5.07. The summed E-state index contributed by atoms with van der Waals surface area (Å²) in [6.07, 6.45) is 5.00. The summed E-state index contributed by atoms with van der Waals surface area (Å²) in [4.78, 5) is 17.7. The van der Waals surface area contributed by atoms with Crippen LogP contribution in [0.4, 0.5) is 11.4 Å². The van der Waals surface area contributed by atoms with Crippen LogP contribution in [0.3, 0.4) is 0 Å². The monoisotopic (exact) mass is 420 g/mol. The highest BCUT2D eigenvalue weighted by Crippen LogP contribution is 2.37. The summed E-state index contributed by atoms with van der Waals surface area (Å²) in [5.74, 6) is 0.220. The summed E-state index contributed by atoms with van der Waals surface area (Å²) in [5.41, 5.74) is 2.79. The third-order valence-electron chi connectivity index (χ3n) is 5.07. The highest BCUT2D eigenvalue weighted by Gasteiger charge is 2.21. The van der Waals surface area contributed by atoms with E-state index < -0.39 is 5.97 Å². The molecule has 7 nitrogen and oxygen atoms in total. The van der Waals surface area contributed by atoms with Crippen LogP contribution < -0.4 is 14.4 Å². The number of hydrogen-bond acceptors (Lipinski definition) is 6. The number of nitrogens with zero attached hydrogens (tertiary/aromatic N) is 2. The molecule has 0 amide bonds. The van der Waals surface area contributed by atoms with E-state index in [1.54, 1.807) is 37.7 Å². The Kier molecular flexibility index (Phi) is 6.33. The average molecular weight is 420 g/mol. The van der Waals surface area contributed by atoms with E-state index in [9.17, 15) is 9.90 Å². The van der Waals surface area contributed by atoms with Crippen LogP contribution in [0.1, 0.15) is 28.8 Å². The molecule has 0 radical (unpaired) electrons. The second-order valence-electron chi connectivity index (χ2n) is 7.20. The van der Waals surface area contributed by atoms with Crippen molar-refractivity contribution in [3.8, 4) is 11.5 Å². The van der Waals surface area contributed by atoms with Gasteiger partial charge in [-0.1, -0.05) is 12.1 Å². The molecule has 1 aliphatic heterocycles. The Hall–Kier alpha value is -3.58. The lowest BCUT2D eigenvalue weighted by Crippen LogP contribution is -2.18. The minimum absolute atomic E-state index is 0.220. The molecule has 31 heavy (non-hydrogen) atoms. The minimum atomic E-state index is -0.972. The Morgan fingerprint density at radius 2 is 2.03 bits per heavy atom. The van der Waals surface area contributed by atoms with Gasteiger partial charge < -0.3 is 24.2 Å². The normalized spacial score (nSPS) is 15.5. The predicted octanol–water partition coefficient (Wildman–Crippen LogP) is 4.64. The Bertz CT molecular complexity index is 1040. The van der Waals surface area contributed by atoms with Crippen molar-refractivity contribution in [1.29, 1.82) is 0 Å². The number of carboxylic acid groups (broad SMARTS) is 1. The van der Waals surface area contributed by atoms with Crippen LogP contribution in [-0.2, 0) is 11.3 Å². The first-order chi connectivity index (χ1) is 15.1. The van der Waals surface area contributed by atoms with Crippen molar-refractivity contribution in [1.82, 2.24) is 4.98 Å². The van der Waals surface area contributed by atoms with E-state index in [2.05, 4.69) is 4.98 Å². The number of aromatic carboxylic acids is 1. The summed E-state index contributed by atoms with van der Waals surface area (Å²) in [6.45, 7) is 1.18. The van der Waals surface area contributed by atoms with Crippen LogP contribution in [0.15, 0.2) is 67.0 Å². The van der Waals surface area contributed by atoms with E-state index in [-0.39, 0.29) is 11.9 Å². The molecule has 4 rings (SSSR count). The molecule has 0 saturated carbocycles. The quantitative estimate of drug-likeness (QED) is 0.568. The fraction of sp³-hybridized carbons (Fsp3) is 0.250. The predicted molar refractivity (Wildman–Crippen MR) is 116 cm³/mol. The molecule has 160 valence electrons. The third kappa shape index (κ3) is 4.95. The molecule has 1 aliphatic rings. The van der Waals surface area contributed by atoms with Crippen molar-refractivity contribution >= 4 is 17.3 Å². The van der Waals surface area contributed by atoms with Gasteiger partial charge in [0.25, 0.3) is 0 Å². The number of methoxy groups -OCH3 is 1. The van der Waals surface area contributed by atoms with Gasteiger partial charge in [-0.25, -0.2) is 4.79 Å². The van der Waals surface area contributed by atoms with Gasteiger partial charge in [-0.2, -0.15) is 0 Å². The molecular formula is C24H24N2O5. The lowest BCUT2D eigenvalue weighted by molar-refractivity contribution is -0.0402. The molecule has 1 saturated heterocycles. The second-order valence-corrected chi connectivity index (χ2v) is 7.20. The van der Waals surface area contributed by atoms with Crippen molar-refractivity contribution in [3.05, 3.63) is 78.1 Å². The van der Waals surface area contributed by atoms with Crippen LogP contribution in [0, 0.1) is 0 Å². The molecule has 0 bridgehead atoms. The fourth-order valence-electron chi connectivity index (χ4n) is 3.52. The van der Waals surface area contributed by atoms with Crippen molar-refractivity contribution < 1.29 is 24.1 Å². The van der Waals surface area contributed by atoms with Gasteiger partial charge in [0.15, 0.2) is 17.8 Å². The van der Waals surface area contributed by atoms with Crippen molar-refractivity contribution in [2.45, 2.75) is 25.7 Å². The Morgan fingerprint density at radius 3 is 2.74 bits per heavy atom. The van der Waals surface area contributed by atoms with Gasteiger partial charge in [0.2, 0.25) is 0 Å². The smallest absolute Gasteiger partial charge is 0.335 e. The maximum absolute atomic E-state index is 11.5. The zero-order chi connectivity index (χ0) is 21.6. The average Bonchev–Trinajstić information content (AvgIpc) is 3.31. The van der Waals surface area contributed by atoms with Gasteiger partial charge >= 0.3 is 5.97 Å². The molecular weight excluding hydrogens is 396 g/mol. The first-order valence-corrected chi connectivity index (χ1v) is 10.1. The molecule has 2 aromatic carbocycles. The van der Waals surface area contributed by atoms with Gasteiger partial charge in [0.05, 0.1) is 19.3 Å². The molecule has 1 fully saturated rings. The summed E-state index contributed by atoms with van der Waals surface area (Å²) in [6, 6.07) is 16.4. The summed E-state index contributed by atoms with van der Waals surface area (Å²) in [5, 5.41) is 9.44. The second kappa shape index (κ2) is 9.49. The number of carboxylic acids is 1. The fourth-order valence-corrected chi connectivity index (χ4v) is 3.52. The lowest BCUT2D eigenvalue weighted by Gasteiger charge is -2.27. The van der Waals surface area contributed by atoms with E-state index in [1.807, 2.05) is 41.3 Å². The molecule has 7 heteroatoms. The van der Waals surface area contributed by atoms with Gasteiger partial charge in [-0.05, 0) is 48.4 Å². The largest absolute Gasteiger partial charge is 0.493 e. The molecule has 1 aromatic heterocycles. The Morgan fingerprint density at radius 1 is 1.16 bits per heavy atom. The number of benzene rings is 2. The minimum Gasteiger partial charge on any atom is -0.493 e. The van der Waals surface area contributed by atoms with E-state index in [1.165, 1.54) is 0 Å². The summed E-state index contributed by atoms with van der Waals surface area (Å²) < 4.78 is 17.1. The lowest BCUT2D eigenvalue weighted by atomic mass is 10.1. The van der Waals surface area contributed by atoms with Crippen molar-refractivity contribution in [2.75, 3.05) is 18.6 Å². The maximum Gasteiger partial charge on any atom is 0.335 e. The van der Waals surface area contributed by atoms with Crippen LogP contribution in [-0.4, -0.2) is 36.1 Å². The highest BCUT2D eigenvalue weighted by molar-refractivity contribution is 5.89. The number of rotatable bonds is 8. The van der Waals surface area contributed by atoms with Crippen LogP contribution in [0.5, 0.6) is 11.5 Å². The molecule has 0 spiro atoms. The van der Waals surface area contributed by atoms with E-state index in [0.29, 0.717) is 24.7 Å². The van der Waals surface area contributed by atoms with E-state index in [4.69, 9.17) is 14.2 Å². The maximum atomic E-state index is 11.5. The van der Waals surface area contributed by atoms with E-state index in [0.717, 1.165) is 29.8 Å². The van der Waals surface area contributed by atoms with Gasteiger partial charge in [-0.3, -0.25) is 4.98 Å². The first kappa shape index (κ1) is 20.7. The zero-order valence-electron chi connectivity index (χ0n) is 17.2. The van der Waals surface area contributed by atoms with Gasteiger partial charge in [0.1, 0.15) is 0 Å². The van der Waals surface area contributed by atoms with Gasteiger partial charge in [-0.15, -0.1) is 0 Å². The number of hydrogen-bond donors (Lipinski definition) is 1. The Balaban J connectivity index is 1.73. The molecule has 2 heterocycles. The van der Waals surface area contributed by atoms with E-state index >= 15 is 0 Å². The highest BCUT2D eigenvalue weighted by atomic mass is 16.7. The van der Waals surface area contributed by atoms with Crippen LogP contribution >= 0.6 is 0 Å². The number of ether oxygens (including phenoxy) is 3. The molecule has 1 N–H and O–H groups in total. The molecule has 0 aliphatic carbocycles. The number of pyridine rings is 1.